The number of aliphatic hydroxyl groups is 14. The normalized spacial score (nSPS) is 17.3. The number of ether oxygens (including phenoxy) is 3. The number of esters is 3. The molecule has 0 radical (unpaired) electrons. The van der Waals surface area contributed by atoms with Crippen molar-refractivity contribution in [2.45, 2.75) is 228 Å². The van der Waals surface area contributed by atoms with Gasteiger partial charge in [0.1, 0.15) is 36.1 Å². The van der Waals surface area contributed by atoms with Gasteiger partial charge in [-0.1, -0.05) is 146 Å². The molecule has 0 aliphatic rings. The van der Waals surface area contributed by atoms with E-state index in [2.05, 4.69) is 55.4 Å². The number of carbonyl (C=O) groups is 3. The molecule has 0 spiro atoms. The summed E-state index contributed by atoms with van der Waals surface area (Å²) in [5.74, 6) is -7.14. The second-order valence-electron chi connectivity index (χ2n) is 21.2. The van der Waals surface area contributed by atoms with Crippen LogP contribution in [0.15, 0.2) is 34.6 Å². The van der Waals surface area contributed by atoms with Gasteiger partial charge >= 0.3 is 17.9 Å². The molecule has 0 aromatic heterocycles. The molecule has 20 heteroatoms. The Kier molecular flexibility index (Phi) is 41.5. The first kappa shape index (κ1) is 74.4. The third-order valence-corrected chi connectivity index (χ3v) is 12.6. The highest BCUT2D eigenvalue weighted by molar-refractivity contribution is 5.87. The van der Waals surface area contributed by atoms with Crippen LogP contribution in [0.25, 0.3) is 0 Å². The first-order valence-electron chi connectivity index (χ1n) is 26.6. The highest BCUT2D eigenvalue weighted by Gasteiger charge is 2.32. The summed E-state index contributed by atoms with van der Waals surface area (Å²) in [6.07, 6.45) is 5.57. The van der Waals surface area contributed by atoms with Gasteiger partial charge in [-0.25, -0.2) is 14.4 Å². The third kappa shape index (κ3) is 33.9. The number of hydrogen-bond donors (Lipinski definition) is 14. The first-order valence-corrected chi connectivity index (χ1v) is 26.6. The molecule has 0 fully saturated rings. The summed E-state index contributed by atoms with van der Waals surface area (Å²) in [7, 11) is 0. The molecular weight excluding hydrogens is 969 g/mol. The van der Waals surface area contributed by atoms with Crippen LogP contribution < -0.4 is 0 Å². The van der Waals surface area contributed by atoms with E-state index in [1.165, 1.54) is 25.7 Å². The van der Waals surface area contributed by atoms with Gasteiger partial charge < -0.3 is 85.7 Å². The highest BCUT2D eigenvalue weighted by Crippen LogP contribution is 2.26. The van der Waals surface area contributed by atoms with Crippen molar-refractivity contribution in [3.8, 4) is 0 Å². The summed E-state index contributed by atoms with van der Waals surface area (Å²) in [6.45, 7) is 22.8. The number of unbranched alkanes of at least 4 members (excludes halogenated alkanes) is 1. The lowest BCUT2D eigenvalue weighted by molar-refractivity contribution is -0.157. The molecule has 0 rings (SSSR count). The molecule has 0 bridgehead atoms. The summed E-state index contributed by atoms with van der Waals surface area (Å²) < 4.78 is 15.0. The van der Waals surface area contributed by atoms with Crippen LogP contribution in [-0.4, -0.2) is 158 Å². The minimum absolute atomic E-state index is 0.0787. The van der Waals surface area contributed by atoms with E-state index in [1.807, 2.05) is 6.92 Å². The van der Waals surface area contributed by atoms with E-state index in [-0.39, 0.29) is 25.6 Å². The van der Waals surface area contributed by atoms with Gasteiger partial charge in [0.25, 0.3) is 0 Å². The molecule has 438 valence electrons. The number of carbonyl (C=O) groups excluding carboxylic acids is 3. The average Bonchev–Trinajstić information content (AvgIpc) is 3.36. The predicted octanol–water partition coefficient (Wildman–Crippen LogP) is 7.64. The van der Waals surface area contributed by atoms with Gasteiger partial charge in [0.15, 0.2) is 17.3 Å². The van der Waals surface area contributed by atoms with E-state index in [0.29, 0.717) is 30.6 Å². The second kappa shape index (κ2) is 41.3. The van der Waals surface area contributed by atoms with E-state index in [9.17, 15) is 70.6 Å². The summed E-state index contributed by atoms with van der Waals surface area (Å²) in [5, 5.41) is 131. The minimum atomic E-state index is -1.96. The van der Waals surface area contributed by atoms with Crippen LogP contribution in [0.4, 0.5) is 0 Å². The molecule has 0 aromatic carbocycles. The molecule has 0 aromatic rings. The average molecular weight is 1070 g/mol. The zero-order chi connectivity index (χ0) is 57.9. The van der Waals surface area contributed by atoms with Crippen LogP contribution in [0.1, 0.15) is 186 Å². The van der Waals surface area contributed by atoms with Gasteiger partial charge in [0.05, 0.1) is 32.5 Å². The maximum atomic E-state index is 11.9. The molecule has 14 N–H and O–H groups in total. The van der Waals surface area contributed by atoms with Crippen LogP contribution in [0.2, 0.25) is 0 Å². The molecule has 0 saturated heterocycles. The van der Waals surface area contributed by atoms with Gasteiger partial charge in [-0.2, -0.15) is 0 Å². The molecular formula is C54H102O20. The van der Waals surface area contributed by atoms with Crippen LogP contribution in [0.5, 0.6) is 0 Å². The Balaban J connectivity index is -0.00000103. The molecule has 0 saturated carbocycles. The Hall–Kier alpha value is -3.89. The summed E-state index contributed by atoms with van der Waals surface area (Å²) in [6, 6.07) is 0. The SMILES string of the molecule is CC(C)CCCC(C)CCCC(C)CCOC(=O)/C(O)=C(\O)C(O)C(O)CO.CCC(C)CCCC(C)COC(=O)/C(O)=C(\O)C(O)C(O)CO.CCCCC(C)CC(C)(C)OC(=O)/C(O)=C(\O)C(O)C(O)CC. The zero-order valence-corrected chi connectivity index (χ0v) is 46.8. The zero-order valence-electron chi connectivity index (χ0n) is 46.8. The van der Waals surface area contributed by atoms with Crippen molar-refractivity contribution < 1.29 is 100 Å². The molecule has 11 unspecified atom stereocenters. The van der Waals surface area contributed by atoms with E-state index >= 15 is 0 Å². The van der Waals surface area contributed by atoms with Gasteiger partial charge in [-0.3, -0.25) is 0 Å². The lowest BCUT2D eigenvalue weighted by atomic mass is 9.91. The standard InChI is InChI=1S/C21H40O7.C17H32O6.C16H30O7/c1-14(2)7-5-8-15(3)9-6-10-16(4)11-12-28-21(27)20(26)19(25)18(24)17(23)13-22;1-6-8-9-11(3)10-17(4,5)23-16(22)15(21)14(20)13(19)12(18)7-2;1-4-10(2)6-5-7-11(3)9-23-16(22)15(21)14(20)13(19)12(18)8-17/h14-18,22-26H,5-13H2,1-4H3;11-13,18-21H,6-10H2,1-5H3;10-13,17-21H,4-9H2,1-3H3/b20-19+;2*15-14+. The smallest absolute Gasteiger partial charge is 0.377 e. The van der Waals surface area contributed by atoms with Gasteiger partial charge in [-0.05, 0) is 75.0 Å². The lowest BCUT2D eigenvalue weighted by Gasteiger charge is -2.28. The fraction of sp³-hybridized carbons (Fsp3) is 0.833. The Morgan fingerprint density at radius 3 is 1.24 bits per heavy atom. The molecule has 0 amide bonds. The number of hydrogen-bond acceptors (Lipinski definition) is 20. The summed E-state index contributed by atoms with van der Waals surface area (Å²) in [5.41, 5.74) is -0.813. The van der Waals surface area contributed by atoms with Crippen LogP contribution in [-0.2, 0) is 28.6 Å². The fourth-order valence-corrected chi connectivity index (χ4v) is 7.33. The molecule has 0 heterocycles. The molecule has 0 aliphatic carbocycles. The van der Waals surface area contributed by atoms with Crippen molar-refractivity contribution in [2.75, 3.05) is 26.4 Å². The fourth-order valence-electron chi connectivity index (χ4n) is 7.33. The first-order chi connectivity index (χ1) is 34.4. The summed E-state index contributed by atoms with van der Waals surface area (Å²) >= 11 is 0. The van der Waals surface area contributed by atoms with Crippen molar-refractivity contribution in [1.82, 2.24) is 0 Å². The van der Waals surface area contributed by atoms with Crippen molar-refractivity contribution in [3.05, 3.63) is 34.6 Å². The Morgan fingerprint density at radius 2 is 0.824 bits per heavy atom. The maximum Gasteiger partial charge on any atom is 0.377 e. The largest absolute Gasteiger partial charge is 0.506 e. The van der Waals surface area contributed by atoms with Gasteiger partial charge in [0.2, 0.25) is 17.3 Å². The second-order valence-corrected chi connectivity index (χ2v) is 21.2. The van der Waals surface area contributed by atoms with E-state index in [4.69, 9.17) is 29.5 Å². The minimum Gasteiger partial charge on any atom is -0.506 e. The topological polar surface area (TPSA) is 362 Å². The van der Waals surface area contributed by atoms with Crippen LogP contribution in [0, 0.1) is 35.5 Å². The van der Waals surface area contributed by atoms with Gasteiger partial charge in [0, 0.05) is 0 Å². The predicted molar refractivity (Wildman–Crippen MR) is 281 cm³/mol. The van der Waals surface area contributed by atoms with Crippen LogP contribution in [0.3, 0.4) is 0 Å². The number of rotatable bonds is 36. The van der Waals surface area contributed by atoms with Crippen LogP contribution >= 0.6 is 0 Å². The van der Waals surface area contributed by atoms with Crippen molar-refractivity contribution in [1.29, 1.82) is 0 Å². The lowest BCUT2D eigenvalue weighted by Crippen LogP contribution is -2.33. The quantitative estimate of drug-likeness (QED) is 0.0124. The van der Waals surface area contributed by atoms with E-state index in [0.717, 1.165) is 69.6 Å². The molecule has 0 aliphatic heterocycles. The van der Waals surface area contributed by atoms with Crippen molar-refractivity contribution in [3.63, 3.8) is 0 Å². The van der Waals surface area contributed by atoms with E-state index < -0.39 is 108 Å². The summed E-state index contributed by atoms with van der Waals surface area (Å²) in [4.78, 5) is 35.2. The van der Waals surface area contributed by atoms with Crippen molar-refractivity contribution >= 4 is 17.9 Å². The van der Waals surface area contributed by atoms with E-state index in [1.54, 1.807) is 20.8 Å². The monoisotopic (exact) mass is 1070 g/mol. The highest BCUT2D eigenvalue weighted by atomic mass is 16.6. The molecule has 74 heavy (non-hydrogen) atoms. The Morgan fingerprint density at radius 1 is 0.446 bits per heavy atom. The van der Waals surface area contributed by atoms with Crippen molar-refractivity contribution in [2.24, 2.45) is 35.5 Å². The van der Waals surface area contributed by atoms with Gasteiger partial charge in [-0.15, -0.1) is 0 Å². The Labute approximate surface area is 441 Å². The maximum absolute atomic E-state index is 11.9. The third-order valence-electron chi connectivity index (χ3n) is 12.6. The molecule has 11 atom stereocenters. The number of aliphatic hydroxyl groups excluding tert-OH is 14. The Bertz CT molecular complexity index is 1610. The molecule has 20 nitrogen and oxygen atoms in total.